The van der Waals surface area contributed by atoms with Gasteiger partial charge in [-0.15, -0.1) is 5.10 Å². The van der Waals surface area contributed by atoms with E-state index in [1.54, 1.807) is 7.11 Å². The van der Waals surface area contributed by atoms with Gasteiger partial charge in [0.2, 0.25) is 11.1 Å². The number of aromatic amines is 1. The van der Waals surface area contributed by atoms with Crippen LogP contribution in [-0.2, 0) is 10.2 Å². The van der Waals surface area contributed by atoms with Crippen LogP contribution < -0.4 is 10.1 Å². The van der Waals surface area contributed by atoms with Gasteiger partial charge in [-0.05, 0) is 84.9 Å². The molecule has 184 valence electrons. The first-order valence-corrected chi connectivity index (χ1v) is 13.6. The molecule has 2 aliphatic rings. The summed E-state index contributed by atoms with van der Waals surface area (Å²) in [7, 11) is 1.64. The molecule has 3 aromatic rings. The maximum Gasteiger partial charge on any atom is 0.234 e. The van der Waals surface area contributed by atoms with Gasteiger partial charge in [-0.1, -0.05) is 50.1 Å². The van der Waals surface area contributed by atoms with Crippen molar-refractivity contribution in [3.05, 3.63) is 54.1 Å². The van der Waals surface area contributed by atoms with Gasteiger partial charge in [0.1, 0.15) is 5.75 Å². The van der Waals surface area contributed by atoms with E-state index in [1.807, 2.05) is 24.3 Å². The molecule has 3 unspecified atom stereocenters. The lowest BCUT2D eigenvalue weighted by molar-refractivity contribution is -0.113. The monoisotopic (exact) mass is 490 g/mol. The third kappa shape index (κ3) is 5.56. The van der Waals surface area contributed by atoms with Gasteiger partial charge in [-0.3, -0.25) is 9.89 Å². The number of ether oxygens (including phenoxy) is 1. The molecule has 1 aromatic heterocycles. The predicted molar refractivity (Wildman–Crippen MR) is 141 cm³/mol. The molecule has 7 heteroatoms. The average molecular weight is 491 g/mol. The number of thioether (sulfide) groups is 1. The van der Waals surface area contributed by atoms with Crippen molar-refractivity contribution in [2.45, 2.75) is 62.4 Å². The van der Waals surface area contributed by atoms with Crippen LogP contribution in [-0.4, -0.2) is 34.0 Å². The molecular formula is C28H34N4O2S. The Labute approximate surface area is 211 Å². The minimum atomic E-state index is -0.0578. The second kappa shape index (κ2) is 10.4. The molecule has 35 heavy (non-hydrogen) atoms. The topological polar surface area (TPSA) is 79.9 Å². The van der Waals surface area contributed by atoms with Crippen molar-refractivity contribution >= 4 is 23.4 Å². The van der Waals surface area contributed by atoms with Crippen molar-refractivity contribution in [3.8, 4) is 17.1 Å². The highest BCUT2D eigenvalue weighted by Gasteiger charge is 2.41. The van der Waals surface area contributed by atoms with Gasteiger partial charge in [-0.25, -0.2) is 4.98 Å². The molecule has 2 aliphatic carbocycles. The molecule has 2 aromatic carbocycles. The SMILES string of the molecule is COc1ccc(-c2nc(SCC(=O)Nc3ccc(C45CCCCC(CC(C)C4)C5)cc3)n[nH]2)cc1. The highest BCUT2D eigenvalue weighted by Crippen LogP contribution is 2.51. The van der Waals surface area contributed by atoms with Crippen molar-refractivity contribution in [1.82, 2.24) is 15.2 Å². The minimum Gasteiger partial charge on any atom is -0.497 e. The van der Waals surface area contributed by atoms with Crippen LogP contribution in [0.2, 0.25) is 0 Å². The van der Waals surface area contributed by atoms with Gasteiger partial charge in [0.15, 0.2) is 5.82 Å². The highest BCUT2D eigenvalue weighted by atomic mass is 32.2. The van der Waals surface area contributed by atoms with Crippen molar-refractivity contribution in [1.29, 1.82) is 0 Å². The van der Waals surface area contributed by atoms with Gasteiger partial charge < -0.3 is 10.1 Å². The van der Waals surface area contributed by atoms with Crippen LogP contribution in [0.3, 0.4) is 0 Å². The first-order chi connectivity index (χ1) is 17.0. The average Bonchev–Trinajstić information content (AvgIpc) is 3.28. The van der Waals surface area contributed by atoms with E-state index < -0.39 is 0 Å². The number of aromatic nitrogens is 3. The Morgan fingerprint density at radius 1 is 1.14 bits per heavy atom. The van der Waals surface area contributed by atoms with E-state index in [1.165, 1.54) is 62.3 Å². The zero-order valence-electron chi connectivity index (χ0n) is 20.5. The summed E-state index contributed by atoms with van der Waals surface area (Å²) in [5.74, 6) is 3.33. The van der Waals surface area contributed by atoms with E-state index in [4.69, 9.17) is 4.74 Å². The Kier molecular flexibility index (Phi) is 7.14. The lowest BCUT2D eigenvalue weighted by Crippen LogP contribution is -2.35. The van der Waals surface area contributed by atoms with Crippen molar-refractivity contribution < 1.29 is 9.53 Å². The van der Waals surface area contributed by atoms with Gasteiger partial charge >= 0.3 is 0 Å². The number of hydrogen-bond donors (Lipinski definition) is 2. The maximum atomic E-state index is 12.6. The number of carbonyl (C=O) groups is 1. The van der Waals surface area contributed by atoms with Crippen LogP contribution in [0.5, 0.6) is 5.75 Å². The number of nitrogens with one attached hydrogen (secondary N) is 2. The number of hydrogen-bond acceptors (Lipinski definition) is 5. The van der Waals surface area contributed by atoms with Gasteiger partial charge in [0.25, 0.3) is 0 Å². The van der Waals surface area contributed by atoms with Gasteiger partial charge in [0, 0.05) is 11.3 Å². The van der Waals surface area contributed by atoms with Crippen LogP contribution in [0, 0.1) is 11.8 Å². The molecule has 2 bridgehead atoms. The molecule has 2 N–H and O–H groups in total. The summed E-state index contributed by atoms with van der Waals surface area (Å²) in [6.45, 7) is 2.42. The summed E-state index contributed by atoms with van der Waals surface area (Å²) in [5, 5.41) is 10.8. The Morgan fingerprint density at radius 3 is 2.71 bits per heavy atom. The molecule has 0 spiro atoms. The zero-order valence-corrected chi connectivity index (χ0v) is 21.4. The number of carbonyl (C=O) groups excluding carboxylic acids is 1. The Balaban J connectivity index is 1.17. The molecule has 6 nitrogen and oxygen atoms in total. The number of amides is 1. The number of rotatable bonds is 7. The van der Waals surface area contributed by atoms with Crippen LogP contribution >= 0.6 is 11.8 Å². The standard InChI is InChI=1S/C28H34N4O2S/c1-19-15-20-5-3-4-14-28(16-19,17-20)22-8-10-23(11-9-22)29-25(33)18-35-27-30-26(31-32-27)21-6-12-24(34-2)13-7-21/h6-13,19-20H,3-5,14-18H2,1-2H3,(H,29,33)(H,30,31,32). The van der Waals surface area contributed by atoms with Crippen LogP contribution in [0.25, 0.3) is 11.4 Å². The summed E-state index contributed by atoms with van der Waals surface area (Å²) < 4.78 is 5.19. The molecule has 1 heterocycles. The molecular weight excluding hydrogens is 456 g/mol. The first kappa shape index (κ1) is 23.9. The molecule has 0 saturated heterocycles. The fourth-order valence-electron chi connectivity index (χ4n) is 6.16. The number of benzene rings is 2. The van der Waals surface area contributed by atoms with Gasteiger partial charge in [0.05, 0.1) is 12.9 Å². The van der Waals surface area contributed by atoms with Crippen molar-refractivity contribution in [2.24, 2.45) is 11.8 Å². The van der Waals surface area contributed by atoms with E-state index in [0.717, 1.165) is 28.8 Å². The van der Waals surface area contributed by atoms with Crippen molar-refractivity contribution in [2.75, 3.05) is 18.2 Å². The molecule has 2 fully saturated rings. The molecule has 0 aliphatic heterocycles. The summed E-state index contributed by atoms with van der Waals surface area (Å²) in [6, 6.07) is 16.2. The van der Waals surface area contributed by atoms with Crippen molar-refractivity contribution in [3.63, 3.8) is 0 Å². The molecule has 3 atom stereocenters. The number of nitrogens with zero attached hydrogens (tertiary/aromatic N) is 2. The fraction of sp³-hybridized carbons (Fsp3) is 0.464. The Morgan fingerprint density at radius 2 is 1.94 bits per heavy atom. The number of H-pyrrole nitrogens is 1. The normalized spacial score (nSPS) is 23.9. The second-order valence-electron chi connectivity index (χ2n) is 10.3. The third-order valence-corrected chi connectivity index (χ3v) is 8.46. The van der Waals surface area contributed by atoms with E-state index in [9.17, 15) is 4.79 Å². The minimum absolute atomic E-state index is 0.0578. The van der Waals surface area contributed by atoms with E-state index >= 15 is 0 Å². The first-order valence-electron chi connectivity index (χ1n) is 12.6. The lowest BCUT2D eigenvalue weighted by Gasteiger charge is -2.43. The Bertz CT molecular complexity index is 1140. The predicted octanol–water partition coefficient (Wildman–Crippen LogP) is 6.46. The number of methoxy groups -OCH3 is 1. The number of anilines is 1. The largest absolute Gasteiger partial charge is 0.497 e. The third-order valence-electron chi connectivity index (χ3n) is 7.61. The van der Waals surface area contributed by atoms with E-state index in [2.05, 4.69) is 51.7 Å². The summed E-state index contributed by atoms with van der Waals surface area (Å²) in [5.41, 5.74) is 3.54. The molecule has 2 saturated carbocycles. The lowest BCUT2D eigenvalue weighted by atomic mass is 9.62. The molecule has 5 rings (SSSR count). The van der Waals surface area contributed by atoms with Crippen LogP contribution in [0.4, 0.5) is 5.69 Å². The smallest absolute Gasteiger partial charge is 0.234 e. The maximum absolute atomic E-state index is 12.6. The molecule has 1 amide bonds. The van der Waals surface area contributed by atoms with E-state index in [-0.39, 0.29) is 11.7 Å². The van der Waals surface area contributed by atoms with Crippen LogP contribution in [0.1, 0.15) is 57.4 Å². The fourth-order valence-corrected chi connectivity index (χ4v) is 6.76. The summed E-state index contributed by atoms with van der Waals surface area (Å²) in [6.07, 6.45) is 9.41. The van der Waals surface area contributed by atoms with Crippen LogP contribution in [0.15, 0.2) is 53.7 Å². The summed E-state index contributed by atoms with van der Waals surface area (Å²) in [4.78, 5) is 17.1. The number of fused-ring (bicyclic) bond motifs is 2. The van der Waals surface area contributed by atoms with Gasteiger partial charge in [-0.2, -0.15) is 0 Å². The summed E-state index contributed by atoms with van der Waals surface area (Å²) >= 11 is 1.32. The Hall–Kier alpha value is -2.80. The van der Waals surface area contributed by atoms with E-state index in [0.29, 0.717) is 16.4 Å². The molecule has 0 radical (unpaired) electrons. The second-order valence-corrected chi connectivity index (χ2v) is 11.2. The zero-order chi connectivity index (χ0) is 24.3. The highest BCUT2D eigenvalue weighted by molar-refractivity contribution is 7.99. The quantitative estimate of drug-likeness (QED) is 0.372.